The molecule has 0 amide bonds. The number of aliphatic imine (C=N–C) groups is 1. The maximum Gasteiger partial charge on any atom is 0.162 e. The van der Waals surface area contributed by atoms with Crippen LogP contribution in [0.25, 0.3) is 11.3 Å². The van der Waals surface area contributed by atoms with Crippen LogP contribution in [0, 0.1) is 0 Å². The highest BCUT2D eigenvalue weighted by molar-refractivity contribution is 8.13. The minimum Gasteiger partial charge on any atom is -0.467 e. The van der Waals surface area contributed by atoms with Gasteiger partial charge in [-0.25, -0.2) is 0 Å². The Hall–Kier alpha value is -2.47. The molecule has 0 radical (unpaired) electrons. The van der Waals surface area contributed by atoms with Gasteiger partial charge in [0.1, 0.15) is 5.76 Å². The molecule has 0 spiro atoms. The van der Waals surface area contributed by atoms with Crippen LogP contribution in [-0.4, -0.2) is 21.6 Å². The van der Waals surface area contributed by atoms with E-state index in [4.69, 9.17) is 4.42 Å². The van der Waals surface area contributed by atoms with Crippen LogP contribution in [0.4, 0.5) is 5.82 Å². The number of nitrogens with one attached hydrogen (secondary N) is 2. The molecule has 0 aliphatic rings. The summed E-state index contributed by atoms with van der Waals surface area (Å²) in [5.41, 5.74) is 2.07. The molecule has 0 saturated carbocycles. The van der Waals surface area contributed by atoms with Crippen LogP contribution >= 0.6 is 11.8 Å². The third-order valence-electron chi connectivity index (χ3n) is 3.05. The summed E-state index contributed by atoms with van der Waals surface area (Å²) >= 11 is 1.54. The Kier molecular flexibility index (Phi) is 4.60. The van der Waals surface area contributed by atoms with Gasteiger partial charge in [0.05, 0.1) is 18.5 Å². The molecule has 0 fully saturated rings. The van der Waals surface area contributed by atoms with E-state index in [9.17, 15) is 0 Å². The Morgan fingerprint density at radius 2 is 2.14 bits per heavy atom. The van der Waals surface area contributed by atoms with Crippen LogP contribution < -0.4 is 5.32 Å². The van der Waals surface area contributed by atoms with Gasteiger partial charge in [-0.05, 0) is 24.0 Å². The van der Waals surface area contributed by atoms with E-state index in [1.165, 1.54) is 11.8 Å². The predicted octanol–water partition coefficient (Wildman–Crippen LogP) is 4.00. The van der Waals surface area contributed by atoms with Gasteiger partial charge in [-0.1, -0.05) is 42.1 Å². The lowest BCUT2D eigenvalue weighted by atomic mass is 10.2. The number of thioether (sulfide) groups is 1. The van der Waals surface area contributed by atoms with Crippen molar-refractivity contribution in [3.63, 3.8) is 0 Å². The Morgan fingerprint density at radius 3 is 2.86 bits per heavy atom. The third-order valence-corrected chi connectivity index (χ3v) is 3.67. The maximum atomic E-state index is 5.27. The first-order chi connectivity index (χ1) is 10.8. The average molecular weight is 312 g/mol. The van der Waals surface area contributed by atoms with Crippen LogP contribution in [0.1, 0.15) is 5.76 Å². The van der Waals surface area contributed by atoms with Crippen molar-refractivity contribution in [2.75, 3.05) is 11.6 Å². The summed E-state index contributed by atoms with van der Waals surface area (Å²) < 4.78 is 5.27. The van der Waals surface area contributed by atoms with E-state index in [1.807, 2.05) is 54.8 Å². The van der Waals surface area contributed by atoms with Crippen molar-refractivity contribution in [1.29, 1.82) is 0 Å². The molecule has 0 bridgehead atoms. The van der Waals surface area contributed by atoms with E-state index in [1.54, 1.807) is 6.26 Å². The van der Waals surface area contributed by atoms with Gasteiger partial charge in [0.25, 0.3) is 0 Å². The van der Waals surface area contributed by atoms with Crippen molar-refractivity contribution in [3.05, 3.63) is 60.6 Å². The van der Waals surface area contributed by atoms with Gasteiger partial charge in [0.15, 0.2) is 11.0 Å². The Bertz CT molecular complexity index is 735. The lowest BCUT2D eigenvalue weighted by Crippen LogP contribution is -2.07. The number of furan rings is 1. The first-order valence-corrected chi connectivity index (χ1v) is 8.06. The van der Waals surface area contributed by atoms with Gasteiger partial charge in [-0.3, -0.25) is 10.1 Å². The number of anilines is 1. The summed E-state index contributed by atoms with van der Waals surface area (Å²) in [5, 5.41) is 11.3. The minimum atomic E-state index is 0.506. The SMILES string of the molecule is CSC(=NCc1ccco1)Nc1cc(-c2ccccc2)[nH]n1. The molecule has 2 N–H and O–H groups in total. The molecule has 2 aromatic heterocycles. The van der Waals surface area contributed by atoms with E-state index >= 15 is 0 Å². The summed E-state index contributed by atoms with van der Waals surface area (Å²) in [6.45, 7) is 0.506. The second kappa shape index (κ2) is 7.00. The molecule has 0 atom stereocenters. The van der Waals surface area contributed by atoms with Crippen molar-refractivity contribution >= 4 is 22.7 Å². The van der Waals surface area contributed by atoms with Gasteiger partial charge in [0.2, 0.25) is 0 Å². The number of benzene rings is 1. The molecule has 6 heteroatoms. The highest BCUT2D eigenvalue weighted by atomic mass is 32.2. The molecule has 5 nitrogen and oxygen atoms in total. The van der Waals surface area contributed by atoms with Gasteiger partial charge in [-0.2, -0.15) is 5.10 Å². The van der Waals surface area contributed by atoms with Crippen LogP contribution in [0.5, 0.6) is 0 Å². The van der Waals surface area contributed by atoms with E-state index in [2.05, 4.69) is 20.5 Å². The van der Waals surface area contributed by atoms with Crippen LogP contribution in [-0.2, 0) is 6.54 Å². The molecular formula is C16H16N4OS. The number of aromatic nitrogens is 2. The van der Waals surface area contributed by atoms with Gasteiger partial charge < -0.3 is 9.73 Å². The van der Waals surface area contributed by atoms with Crippen molar-refractivity contribution < 1.29 is 4.42 Å². The number of H-pyrrole nitrogens is 1. The number of nitrogens with zero attached hydrogens (tertiary/aromatic N) is 2. The number of amidine groups is 1. The standard InChI is InChI=1S/C16H16N4OS/c1-22-16(17-11-13-8-5-9-21-13)18-15-10-14(19-20-15)12-6-3-2-4-7-12/h2-10H,11H2,1H3,(H2,17,18,19,20). The van der Waals surface area contributed by atoms with Gasteiger partial charge >= 0.3 is 0 Å². The largest absolute Gasteiger partial charge is 0.467 e. The summed E-state index contributed by atoms with van der Waals surface area (Å²) in [6, 6.07) is 15.8. The molecule has 22 heavy (non-hydrogen) atoms. The number of aromatic amines is 1. The highest BCUT2D eigenvalue weighted by Gasteiger charge is 2.05. The minimum absolute atomic E-state index is 0.506. The summed E-state index contributed by atoms with van der Waals surface area (Å²) in [7, 11) is 0. The van der Waals surface area contributed by atoms with E-state index in [0.29, 0.717) is 6.54 Å². The fourth-order valence-corrected chi connectivity index (χ4v) is 2.37. The van der Waals surface area contributed by atoms with E-state index < -0.39 is 0 Å². The molecule has 0 aliphatic carbocycles. The summed E-state index contributed by atoms with van der Waals surface area (Å²) in [6.07, 6.45) is 3.62. The van der Waals surface area contributed by atoms with E-state index in [0.717, 1.165) is 28.0 Å². The van der Waals surface area contributed by atoms with Gasteiger partial charge in [0, 0.05) is 6.07 Å². The summed E-state index contributed by atoms with van der Waals surface area (Å²) in [5.74, 6) is 1.58. The first-order valence-electron chi connectivity index (χ1n) is 6.84. The molecule has 0 saturated heterocycles. The fraction of sp³-hybridized carbons (Fsp3) is 0.125. The molecule has 0 aliphatic heterocycles. The molecule has 1 aromatic carbocycles. The Labute approximate surface area is 132 Å². The normalized spacial score (nSPS) is 11.6. The number of hydrogen-bond acceptors (Lipinski definition) is 4. The lowest BCUT2D eigenvalue weighted by Gasteiger charge is -2.03. The van der Waals surface area contributed by atoms with Crippen molar-refractivity contribution in [3.8, 4) is 11.3 Å². The topological polar surface area (TPSA) is 66.2 Å². The van der Waals surface area contributed by atoms with Crippen LogP contribution in [0.3, 0.4) is 0 Å². The molecule has 112 valence electrons. The zero-order chi connectivity index (χ0) is 15.2. The molecule has 3 aromatic rings. The number of rotatable bonds is 4. The average Bonchev–Trinajstić information content (AvgIpc) is 3.24. The zero-order valence-electron chi connectivity index (χ0n) is 12.1. The Balaban J connectivity index is 1.69. The van der Waals surface area contributed by atoms with Crippen molar-refractivity contribution in [2.45, 2.75) is 6.54 Å². The van der Waals surface area contributed by atoms with Crippen LogP contribution in [0.15, 0.2) is 64.2 Å². The molecule has 3 rings (SSSR count). The second-order valence-electron chi connectivity index (χ2n) is 4.56. The fourth-order valence-electron chi connectivity index (χ4n) is 1.97. The zero-order valence-corrected chi connectivity index (χ0v) is 12.9. The van der Waals surface area contributed by atoms with Crippen molar-refractivity contribution in [2.24, 2.45) is 4.99 Å². The highest BCUT2D eigenvalue weighted by Crippen LogP contribution is 2.19. The lowest BCUT2D eigenvalue weighted by molar-refractivity contribution is 0.513. The molecule has 0 unspecified atom stereocenters. The number of hydrogen-bond donors (Lipinski definition) is 2. The Morgan fingerprint density at radius 1 is 1.27 bits per heavy atom. The monoisotopic (exact) mass is 312 g/mol. The predicted molar refractivity (Wildman–Crippen MR) is 91.0 cm³/mol. The van der Waals surface area contributed by atoms with Gasteiger partial charge in [-0.15, -0.1) is 0 Å². The summed E-state index contributed by atoms with van der Waals surface area (Å²) in [4.78, 5) is 4.48. The van der Waals surface area contributed by atoms with Crippen molar-refractivity contribution in [1.82, 2.24) is 10.2 Å². The first kappa shape index (κ1) is 14.5. The second-order valence-corrected chi connectivity index (χ2v) is 5.36. The maximum absolute atomic E-state index is 5.27. The third kappa shape index (κ3) is 3.59. The van der Waals surface area contributed by atoms with Crippen LogP contribution in [0.2, 0.25) is 0 Å². The smallest absolute Gasteiger partial charge is 0.162 e. The molecule has 2 heterocycles. The van der Waals surface area contributed by atoms with E-state index in [-0.39, 0.29) is 0 Å². The quantitative estimate of drug-likeness (QED) is 0.564. The molecular weight excluding hydrogens is 296 g/mol.